The van der Waals surface area contributed by atoms with E-state index in [4.69, 9.17) is 4.74 Å². The van der Waals surface area contributed by atoms with Crippen molar-refractivity contribution in [1.29, 1.82) is 0 Å². The summed E-state index contributed by atoms with van der Waals surface area (Å²) in [5.41, 5.74) is 1.72. The Bertz CT molecular complexity index is 989. The van der Waals surface area contributed by atoms with E-state index in [1.54, 1.807) is 42.9 Å². The highest BCUT2D eigenvalue weighted by atomic mass is 19.1. The third-order valence-electron chi connectivity index (χ3n) is 3.37. The molecule has 0 bridgehead atoms. The number of halogens is 1. The normalized spacial score (nSPS) is 10.6. The van der Waals surface area contributed by atoms with Crippen molar-refractivity contribution in [2.45, 2.75) is 0 Å². The molecule has 3 aromatic heterocycles. The lowest BCUT2D eigenvalue weighted by Gasteiger charge is -2.07. The van der Waals surface area contributed by atoms with Crippen molar-refractivity contribution >= 4 is 0 Å². The minimum absolute atomic E-state index is 0.311. The monoisotopic (exact) mass is 333 g/mol. The van der Waals surface area contributed by atoms with E-state index in [0.29, 0.717) is 28.7 Å². The highest BCUT2D eigenvalue weighted by Crippen LogP contribution is 2.24. The third kappa shape index (κ3) is 3.35. The van der Waals surface area contributed by atoms with Gasteiger partial charge in [0.1, 0.15) is 17.3 Å². The zero-order chi connectivity index (χ0) is 17.1. The Morgan fingerprint density at radius 1 is 0.880 bits per heavy atom. The van der Waals surface area contributed by atoms with Crippen LogP contribution in [0.1, 0.15) is 0 Å². The molecule has 7 heteroatoms. The van der Waals surface area contributed by atoms with Gasteiger partial charge in [-0.1, -0.05) is 12.1 Å². The molecule has 3 heterocycles. The Labute approximate surface area is 142 Å². The van der Waals surface area contributed by atoms with Crippen molar-refractivity contribution in [3.8, 4) is 28.7 Å². The van der Waals surface area contributed by atoms with Crippen LogP contribution in [-0.2, 0) is 0 Å². The number of hydrogen-bond donors (Lipinski definition) is 0. The van der Waals surface area contributed by atoms with Gasteiger partial charge in [-0.3, -0.25) is 4.98 Å². The van der Waals surface area contributed by atoms with Gasteiger partial charge in [-0.15, -0.1) is 5.10 Å². The summed E-state index contributed by atoms with van der Waals surface area (Å²) < 4.78 is 19.5. The first kappa shape index (κ1) is 14.9. The van der Waals surface area contributed by atoms with Crippen molar-refractivity contribution in [3.05, 3.63) is 79.0 Å². The van der Waals surface area contributed by atoms with Gasteiger partial charge in [0.25, 0.3) is 0 Å². The summed E-state index contributed by atoms with van der Waals surface area (Å²) in [6, 6.07) is 15.0. The van der Waals surface area contributed by atoms with E-state index < -0.39 is 5.82 Å². The molecule has 0 spiro atoms. The SMILES string of the molecule is Fc1cc(Oc2ccccn2)cc(-n2ncc(-c3ccccn3)n2)c1. The van der Waals surface area contributed by atoms with E-state index >= 15 is 0 Å². The lowest BCUT2D eigenvalue weighted by atomic mass is 10.3. The molecule has 0 saturated carbocycles. The molecule has 0 aliphatic rings. The zero-order valence-electron chi connectivity index (χ0n) is 13.0. The second-order valence-electron chi connectivity index (χ2n) is 5.15. The molecule has 1 aromatic carbocycles. The van der Waals surface area contributed by atoms with Crippen LogP contribution in [0.25, 0.3) is 17.1 Å². The molecule has 0 amide bonds. The molecule has 0 atom stereocenters. The summed E-state index contributed by atoms with van der Waals surface area (Å²) in [6.07, 6.45) is 4.85. The molecule has 0 radical (unpaired) electrons. The second kappa shape index (κ2) is 6.48. The fourth-order valence-corrected chi connectivity index (χ4v) is 2.27. The number of pyridine rings is 2. The summed E-state index contributed by atoms with van der Waals surface area (Å²) >= 11 is 0. The maximum absolute atomic E-state index is 14.0. The van der Waals surface area contributed by atoms with E-state index in [1.165, 1.54) is 16.9 Å². The molecule has 25 heavy (non-hydrogen) atoms. The number of benzene rings is 1. The first-order chi connectivity index (χ1) is 12.3. The van der Waals surface area contributed by atoms with E-state index in [1.807, 2.05) is 18.2 Å². The van der Waals surface area contributed by atoms with Crippen molar-refractivity contribution in [2.24, 2.45) is 0 Å². The van der Waals surface area contributed by atoms with Crippen LogP contribution in [-0.4, -0.2) is 25.0 Å². The Morgan fingerprint density at radius 3 is 2.48 bits per heavy atom. The lowest BCUT2D eigenvalue weighted by molar-refractivity contribution is 0.457. The van der Waals surface area contributed by atoms with Gasteiger partial charge in [0, 0.05) is 36.7 Å². The van der Waals surface area contributed by atoms with Crippen LogP contribution in [0, 0.1) is 5.82 Å². The van der Waals surface area contributed by atoms with Crippen LogP contribution in [0.5, 0.6) is 11.6 Å². The summed E-state index contributed by atoms with van der Waals surface area (Å²) in [4.78, 5) is 9.61. The van der Waals surface area contributed by atoms with Gasteiger partial charge in [0.2, 0.25) is 5.88 Å². The van der Waals surface area contributed by atoms with Crippen LogP contribution in [0.3, 0.4) is 0 Å². The molecule has 4 rings (SSSR count). The van der Waals surface area contributed by atoms with E-state index in [2.05, 4.69) is 20.2 Å². The number of aromatic nitrogens is 5. The first-order valence-electron chi connectivity index (χ1n) is 7.51. The lowest BCUT2D eigenvalue weighted by Crippen LogP contribution is -2.00. The van der Waals surface area contributed by atoms with Crippen molar-refractivity contribution < 1.29 is 9.13 Å². The van der Waals surface area contributed by atoms with Crippen LogP contribution >= 0.6 is 0 Å². The molecule has 0 fully saturated rings. The maximum Gasteiger partial charge on any atom is 0.219 e. The molecule has 4 aromatic rings. The molecule has 122 valence electrons. The minimum Gasteiger partial charge on any atom is -0.439 e. The maximum atomic E-state index is 14.0. The first-order valence-corrected chi connectivity index (χ1v) is 7.51. The molecular weight excluding hydrogens is 321 g/mol. The van der Waals surface area contributed by atoms with Gasteiger partial charge in [-0.2, -0.15) is 9.90 Å². The molecule has 0 saturated heterocycles. The smallest absolute Gasteiger partial charge is 0.219 e. The van der Waals surface area contributed by atoms with E-state index in [9.17, 15) is 4.39 Å². The fourth-order valence-electron chi connectivity index (χ4n) is 2.27. The predicted molar refractivity (Wildman–Crippen MR) is 88.9 cm³/mol. The van der Waals surface area contributed by atoms with Crippen molar-refractivity contribution in [2.75, 3.05) is 0 Å². The van der Waals surface area contributed by atoms with Gasteiger partial charge in [0.15, 0.2) is 0 Å². The zero-order valence-corrected chi connectivity index (χ0v) is 13.0. The van der Waals surface area contributed by atoms with Gasteiger partial charge >= 0.3 is 0 Å². The molecule has 6 nitrogen and oxygen atoms in total. The Hall–Kier alpha value is -3.61. The second-order valence-corrected chi connectivity index (χ2v) is 5.15. The number of hydrogen-bond acceptors (Lipinski definition) is 5. The number of ether oxygens (including phenoxy) is 1. The van der Waals surface area contributed by atoms with Gasteiger partial charge in [-0.25, -0.2) is 9.37 Å². The van der Waals surface area contributed by atoms with Crippen LogP contribution in [0.15, 0.2) is 73.2 Å². The molecule has 0 aliphatic heterocycles. The average Bonchev–Trinajstić information content (AvgIpc) is 3.13. The highest BCUT2D eigenvalue weighted by molar-refractivity contribution is 5.52. The van der Waals surface area contributed by atoms with Crippen LogP contribution < -0.4 is 4.74 Å². The largest absolute Gasteiger partial charge is 0.439 e. The minimum atomic E-state index is -0.458. The quantitative estimate of drug-likeness (QED) is 0.570. The Morgan fingerprint density at radius 2 is 1.72 bits per heavy atom. The number of rotatable bonds is 4. The van der Waals surface area contributed by atoms with Gasteiger partial charge in [0.05, 0.1) is 17.6 Å². The summed E-state index contributed by atoms with van der Waals surface area (Å²) in [5.74, 6) is 0.229. The van der Waals surface area contributed by atoms with Crippen LogP contribution in [0.2, 0.25) is 0 Å². The molecular formula is C18H12FN5O. The average molecular weight is 333 g/mol. The van der Waals surface area contributed by atoms with E-state index in [0.717, 1.165) is 0 Å². The molecule has 0 unspecified atom stereocenters. The number of nitrogens with zero attached hydrogens (tertiary/aromatic N) is 5. The van der Waals surface area contributed by atoms with Gasteiger partial charge < -0.3 is 4.74 Å². The van der Waals surface area contributed by atoms with Gasteiger partial charge in [-0.05, 0) is 18.2 Å². The van der Waals surface area contributed by atoms with Crippen molar-refractivity contribution in [3.63, 3.8) is 0 Å². The van der Waals surface area contributed by atoms with E-state index in [-0.39, 0.29) is 0 Å². The highest BCUT2D eigenvalue weighted by Gasteiger charge is 2.10. The Kier molecular flexibility index (Phi) is 3.88. The standard InChI is InChI=1S/C18H12FN5O/c19-13-9-14(11-15(10-13)25-18-6-2-4-8-21-18)24-22-12-17(23-24)16-5-1-3-7-20-16/h1-12H. The van der Waals surface area contributed by atoms with Crippen molar-refractivity contribution in [1.82, 2.24) is 25.0 Å². The summed E-state index contributed by atoms with van der Waals surface area (Å²) in [7, 11) is 0. The van der Waals surface area contributed by atoms with Crippen LogP contribution in [0.4, 0.5) is 4.39 Å². The predicted octanol–water partition coefficient (Wildman–Crippen LogP) is 3.66. The molecule has 0 aliphatic carbocycles. The Balaban J connectivity index is 1.66. The topological polar surface area (TPSA) is 65.7 Å². The summed E-state index contributed by atoms with van der Waals surface area (Å²) in [6.45, 7) is 0. The summed E-state index contributed by atoms with van der Waals surface area (Å²) in [5, 5.41) is 8.52. The molecule has 0 N–H and O–H groups in total. The fraction of sp³-hybridized carbons (Fsp3) is 0. The third-order valence-corrected chi connectivity index (χ3v) is 3.37.